The van der Waals surface area contributed by atoms with Gasteiger partial charge in [0.1, 0.15) is 11.5 Å². The molecule has 1 N–H and O–H groups in total. The first kappa shape index (κ1) is 20.7. The third-order valence-corrected chi connectivity index (χ3v) is 5.28. The Morgan fingerprint density at radius 1 is 1.21 bits per heavy atom. The van der Waals surface area contributed by atoms with E-state index < -0.39 is 4.92 Å². The lowest BCUT2D eigenvalue weighted by molar-refractivity contribution is -0.383. The standard InChI is InChI=1S/C21H25FN4O3/c1-24-12-10-17(11-13-24)25(15-16-6-2-3-7-18(16)22)21(27)14-23-19-8-4-5-9-20(19)26(28)29/h2-9,17,23H,10-15H2,1H3. The maximum Gasteiger partial charge on any atom is 0.292 e. The highest BCUT2D eigenvalue weighted by atomic mass is 19.1. The average molecular weight is 400 g/mol. The fourth-order valence-electron chi connectivity index (χ4n) is 3.59. The number of halogens is 1. The van der Waals surface area contributed by atoms with E-state index in [4.69, 9.17) is 0 Å². The molecule has 1 amide bonds. The van der Waals surface area contributed by atoms with Crippen LogP contribution in [0.1, 0.15) is 18.4 Å². The Kier molecular flexibility index (Phi) is 6.77. The number of carbonyl (C=O) groups excluding carboxylic acids is 1. The summed E-state index contributed by atoms with van der Waals surface area (Å²) in [7, 11) is 2.04. The summed E-state index contributed by atoms with van der Waals surface area (Å²) in [5.74, 6) is -0.550. The van der Waals surface area contributed by atoms with Gasteiger partial charge in [-0.25, -0.2) is 4.39 Å². The van der Waals surface area contributed by atoms with Crippen LogP contribution in [0.3, 0.4) is 0 Å². The van der Waals surface area contributed by atoms with Crippen molar-refractivity contribution in [2.75, 3.05) is 32.0 Å². The Hall–Kier alpha value is -3.00. The summed E-state index contributed by atoms with van der Waals surface area (Å²) in [6, 6.07) is 12.7. The third-order valence-electron chi connectivity index (χ3n) is 5.28. The number of likely N-dealkylation sites (tertiary alicyclic amines) is 1. The van der Waals surface area contributed by atoms with E-state index in [1.165, 1.54) is 12.1 Å². The molecule has 1 aliphatic heterocycles. The van der Waals surface area contributed by atoms with E-state index in [2.05, 4.69) is 10.2 Å². The summed E-state index contributed by atoms with van der Waals surface area (Å²) in [5, 5.41) is 14.1. The molecule has 2 aromatic rings. The number of nitro groups is 1. The zero-order valence-electron chi connectivity index (χ0n) is 16.4. The number of nitrogens with zero attached hydrogens (tertiary/aromatic N) is 3. The predicted octanol–water partition coefficient (Wildman–Crippen LogP) is 3.27. The molecule has 0 radical (unpaired) electrons. The van der Waals surface area contributed by atoms with Gasteiger partial charge in [0.2, 0.25) is 5.91 Å². The van der Waals surface area contributed by atoms with Crippen molar-refractivity contribution in [1.82, 2.24) is 9.80 Å². The van der Waals surface area contributed by atoms with Crippen molar-refractivity contribution >= 4 is 17.3 Å². The zero-order chi connectivity index (χ0) is 20.8. The van der Waals surface area contributed by atoms with Crippen molar-refractivity contribution in [3.8, 4) is 0 Å². The SMILES string of the molecule is CN1CCC(N(Cc2ccccc2F)C(=O)CNc2ccccc2[N+](=O)[O-])CC1. The molecule has 2 aromatic carbocycles. The van der Waals surface area contributed by atoms with Gasteiger partial charge in [0.25, 0.3) is 5.69 Å². The van der Waals surface area contributed by atoms with Gasteiger partial charge in [-0.15, -0.1) is 0 Å². The van der Waals surface area contributed by atoms with Crippen molar-refractivity contribution in [3.63, 3.8) is 0 Å². The topological polar surface area (TPSA) is 78.7 Å². The summed E-state index contributed by atoms with van der Waals surface area (Å²) in [6.45, 7) is 1.82. The molecule has 154 valence electrons. The van der Waals surface area contributed by atoms with Crippen LogP contribution in [0.2, 0.25) is 0 Å². The second-order valence-electron chi connectivity index (χ2n) is 7.28. The first-order chi connectivity index (χ1) is 14.0. The number of amides is 1. The fraction of sp³-hybridized carbons (Fsp3) is 0.381. The smallest absolute Gasteiger partial charge is 0.292 e. The van der Waals surface area contributed by atoms with E-state index in [1.54, 1.807) is 41.3 Å². The van der Waals surface area contributed by atoms with E-state index in [-0.39, 0.29) is 36.5 Å². The van der Waals surface area contributed by atoms with Gasteiger partial charge in [0, 0.05) is 24.2 Å². The maximum absolute atomic E-state index is 14.2. The third kappa shape index (κ3) is 5.29. The largest absolute Gasteiger partial charge is 0.371 e. The highest BCUT2D eigenvalue weighted by molar-refractivity contribution is 5.82. The van der Waals surface area contributed by atoms with E-state index in [0.717, 1.165) is 25.9 Å². The maximum atomic E-state index is 14.2. The van der Waals surface area contributed by atoms with Crippen LogP contribution in [-0.4, -0.2) is 53.4 Å². The number of rotatable bonds is 7. The number of carbonyl (C=O) groups is 1. The summed E-state index contributed by atoms with van der Waals surface area (Å²) in [5.41, 5.74) is 0.672. The van der Waals surface area contributed by atoms with Crippen molar-refractivity contribution in [1.29, 1.82) is 0 Å². The minimum Gasteiger partial charge on any atom is -0.371 e. The molecule has 0 bridgehead atoms. The van der Waals surface area contributed by atoms with Crippen molar-refractivity contribution in [2.24, 2.45) is 0 Å². The summed E-state index contributed by atoms with van der Waals surface area (Å²) < 4.78 is 14.2. The minimum absolute atomic E-state index is 0.00543. The molecule has 3 rings (SSSR count). The van der Waals surface area contributed by atoms with Crippen LogP contribution in [0, 0.1) is 15.9 Å². The predicted molar refractivity (Wildman–Crippen MR) is 109 cm³/mol. The highest BCUT2D eigenvalue weighted by Crippen LogP contribution is 2.24. The molecule has 8 heteroatoms. The summed E-state index contributed by atoms with van der Waals surface area (Å²) in [4.78, 5) is 27.7. The van der Waals surface area contributed by atoms with Gasteiger partial charge in [-0.2, -0.15) is 0 Å². The lowest BCUT2D eigenvalue weighted by Gasteiger charge is -2.37. The molecule has 7 nitrogen and oxygen atoms in total. The number of piperidine rings is 1. The molecule has 0 saturated carbocycles. The average Bonchev–Trinajstić information content (AvgIpc) is 2.72. The monoisotopic (exact) mass is 400 g/mol. The van der Waals surface area contributed by atoms with Gasteiger partial charge in [-0.1, -0.05) is 30.3 Å². The van der Waals surface area contributed by atoms with Gasteiger partial charge >= 0.3 is 0 Å². The number of nitro benzene ring substituents is 1. The van der Waals surface area contributed by atoms with Crippen LogP contribution < -0.4 is 5.32 Å². The number of nitrogens with one attached hydrogen (secondary N) is 1. The molecule has 29 heavy (non-hydrogen) atoms. The van der Waals surface area contributed by atoms with Gasteiger partial charge in [-0.05, 0) is 45.1 Å². The Morgan fingerprint density at radius 2 is 1.86 bits per heavy atom. The lowest BCUT2D eigenvalue weighted by atomic mass is 10.0. The first-order valence-electron chi connectivity index (χ1n) is 9.64. The van der Waals surface area contributed by atoms with Crippen LogP contribution in [0.5, 0.6) is 0 Å². The molecule has 1 saturated heterocycles. The van der Waals surface area contributed by atoms with Crippen molar-refractivity contribution in [2.45, 2.75) is 25.4 Å². The van der Waals surface area contributed by atoms with Crippen LogP contribution >= 0.6 is 0 Å². The van der Waals surface area contributed by atoms with E-state index in [9.17, 15) is 19.3 Å². The Morgan fingerprint density at radius 3 is 2.55 bits per heavy atom. The van der Waals surface area contributed by atoms with Gasteiger partial charge in [0.05, 0.1) is 11.5 Å². The molecular formula is C21H25FN4O3. The lowest BCUT2D eigenvalue weighted by Crippen LogP contribution is -2.48. The number of para-hydroxylation sites is 2. The van der Waals surface area contributed by atoms with E-state index in [1.807, 2.05) is 7.05 Å². The number of hydrogen-bond acceptors (Lipinski definition) is 5. The molecule has 0 aliphatic carbocycles. The Labute approximate surface area is 169 Å². The Bertz CT molecular complexity index is 869. The van der Waals surface area contributed by atoms with Gasteiger partial charge in [0.15, 0.2) is 0 Å². The molecule has 1 aliphatic rings. The van der Waals surface area contributed by atoms with Crippen LogP contribution in [0.25, 0.3) is 0 Å². The van der Waals surface area contributed by atoms with Gasteiger partial charge in [-0.3, -0.25) is 14.9 Å². The van der Waals surface area contributed by atoms with Crippen molar-refractivity contribution in [3.05, 3.63) is 70.0 Å². The zero-order valence-corrected chi connectivity index (χ0v) is 16.4. The number of anilines is 1. The number of benzene rings is 2. The second-order valence-corrected chi connectivity index (χ2v) is 7.28. The first-order valence-corrected chi connectivity index (χ1v) is 9.64. The minimum atomic E-state index is -0.485. The van der Waals surface area contributed by atoms with Crippen LogP contribution in [0.4, 0.5) is 15.8 Å². The fourth-order valence-corrected chi connectivity index (χ4v) is 3.59. The molecular weight excluding hydrogens is 375 g/mol. The van der Waals surface area contributed by atoms with Crippen LogP contribution in [0.15, 0.2) is 48.5 Å². The molecule has 1 fully saturated rings. The molecule has 0 atom stereocenters. The highest BCUT2D eigenvalue weighted by Gasteiger charge is 2.28. The normalized spacial score (nSPS) is 15.1. The molecule has 0 spiro atoms. The summed E-state index contributed by atoms with van der Waals surface area (Å²) >= 11 is 0. The second kappa shape index (κ2) is 9.47. The van der Waals surface area contributed by atoms with Crippen molar-refractivity contribution < 1.29 is 14.1 Å². The molecule has 0 aromatic heterocycles. The van der Waals surface area contributed by atoms with E-state index >= 15 is 0 Å². The molecule has 1 heterocycles. The summed E-state index contributed by atoms with van der Waals surface area (Å²) in [6.07, 6.45) is 1.62. The molecule has 0 unspecified atom stereocenters. The van der Waals surface area contributed by atoms with Crippen LogP contribution in [-0.2, 0) is 11.3 Å². The van der Waals surface area contributed by atoms with Gasteiger partial charge < -0.3 is 15.1 Å². The Balaban J connectivity index is 1.75. The number of hydrogen-bond donors (Lipinski definition) is 1. The van der Waals surface area contributed by atoms with E-state index in [0.29, 0.717) is 11.3 Å². The quantitative estimate of drug-likeness (QED) is 0.570.